The Kier molecular flexibility index (Phi) is 7.68. The third kappa shape index (κ3) is 4.85. The molecule has 0 saturated heterocycles. The molecule has 2 aromatic rings. The normalized spacial score (nSPS) is 15.0. The average Bonchev–Trinajstić information content (AvgIpc) is 3.35. The third-order valence-electron chi connectivity index (χ3n) is 5.36. The zero-order valence-electron chi connectivity index (χ0n) is 19.0. The van der Waals surface area contributed by atoms with Gasteiger partial charge in [0, 0.05) is 40.3 Å². The summed E-state index contributed by atoms with van der Waals surface area (Å²) in [7, 11) is 1.66. The molecule has 1 aliphatic carbocycles. The van der Waals surface area contributed by atoms with Crippen LogP contribution in [0.1, 0.15) is 62.2 Å². The van der Waals surface area contributed by atoms with Gasteiger partial charge in [0.15, 0.2) is 0 Å². The van der Waals surface area contributed by atoms with E-state index in [4.69, 9.17) is 10.5 Å². The summed E-state index contributed by atoms with van der Waals surface area (Å²) >= 11 is 0. The third-order valence-corrected chi connectivity index (χ3v) is 5.36. The lowest BCUT2D eigenvalue weighted by Crippen LogP contribution is -2.37. The van der Waals surface area contributed by atoms with Crippen molar-refractivity contribution >= 4 is 23.9 Å². The number of hydrogen-bond acceptors (Lipinski definition) is 3. The Bertz CT molecular complexity index is 1010. The number of aromatic nitrogens is 1. The number of nitrogens with zero attached hydrogens (tertiary/aromatic N) is 1. The van der Waals surface area contributed by atoms with Crippen molar-refractivity contribution < 1.29 is 9.53 Å². The lowest BCUT2D eigenvalue weighted by atomic mass is 10.1. The highest BCUT2D eigenvalue weighted by Crippen LogP contribution is 2.42. The van der Waals surface area contributed by atoms with Gasteiger partial charge in [-0.2, -0.15) is 0 Å². The van der Waals surface area contributed by atoms with E-state index in [1.807, 2.05) is 38.1 Å². The van der Waals surface area contributed by atoms with Gasteiger partial charge in [-0.15, -0.1) is 6.58 Å². The van der Waals surface area contributed by atoms with Crippen LogP contribution in [0.2, 0.25) is 0 Å². The van der Waals surface area contributed by atoms with Crippen LogP contribution in [0.5, 0.6) is 0 Å². The molecule has 1 saturated carbocycles. The summed E-state index contributed by atoms with van der Waals surface area (Å²) in [6.45, 7) is 16.2. The van der Waals surface area contributed by atoms with Crippen LogP contribution in [0.15, 0.2) is 36.9 Å². The van der Waals surface area contributed by atoms with Gasteiger partial charge in [-0.25, -0.2) is 0 Å². The SMILES string of the molecule is C=CC.C=c1/c(=C(\C)N)c(C(=O)Nc2ccc(COC)cc2)c(CC)n1C1(C)CC1. The molecule has 1 aliphatic rings. The lowest BCUT2D eigenvalue weighted by molar-refractivity contribution is 0.102. The molecular weight excluding hydrogens is 374 g/mol. The minimum atomic E-state index is -0.140. The fourth-order valence-corrected chi connectivity index (χ4v) is 3.78. The molecule has 1 fully saturated rings. The van der Waals surface area contributed by atoms with Crippen molar-refractivity contribution in [2.45, 2.75) is 59.1 Å². The second kappa shape index (κ2) is 9.81. The predicted molar refractivity (Wildman–Crippen MR) is 126 cm³/mol. The maximum Gasteiger partial charge on any atom is 0.258 e. The Balaban J connectivity index is 0.00000101. The highest BCUT2D eigenvalue weighted by Gasteiger charge is 2.42. The Labute approximate surface area is 179 Å². The number of methoxy groups -OCH3 is 1. The molecule has 1 amide bonds. The molecule has 1 aromatic heterocycles. The zero-order chi connectivity index (χ0) is 22.5. The topological polar surface area (TPSA) is 69.3 Å². The van der Waals surface area contributed by atoms with Gasteiger partial charge in [0.05, 0.1) is 12.2 Å². The van der Waals surface area contributed by atoms with E-state index in [1.54, 1.807) is 13.2 Å². The molecule has 5 nitrogen and oxygen atoms in total. The van der Waals surface area contributed by atoms with E-state index in [2.05, 4.69) is 36.9 Å². The van der Waals surface area contributed by atoms with E-state index in [1.165, 1.54) is 0 Å². The number of hydrogen-bond donors (Lipinski definition) is 2. The Morgan fingerprint density at radius 1 is 1.33 bits per heavy atom. The van der Waals surface area contributed by atoms with Crippen LogP contribution in [0.4, 0.5) is 5.69 Å². The van der Waals surface area contributed by atoms with Crippen molar-refractivity contribution in [2.75, 3.05) is 12.4 Å². The highest BCUT2D eigenvalue weighted by atomic mass is 16.5. The molecule has 1 heterocycles. The number of allylic oxidation sites excluding steroid dienone is 1. The van der Waals surface area contributed by atoms with Crippen molar-refractivity contribution in [3.63, 3.8) is 0 Å². The maximum absolute atomic E-state index is 13.2. The number of carbonyl (C=O) groups is 1. The number of nitrogens with one attached hydrogen (secondary N) is 1. The van der Waals surface area contributed by atoms with E-state index in [9.17, 15) is 4.79 Å². The van der Waals surface area contributed by atoms with E-state index in [0.717, 1.165) is 46.8 Å². The average molecular weight is 410 g/mol. The van der Waals surface area contributed by atoms with E-state index < -0.39 is 0 Å². The second-order valence-corrected chi connectivity index (χ2v) is 8.00. The Hall–Kier alpha value is -2.79. The smallest absolute Gasteiger partial charge is 0.258 e. The molecule has 1 aromatic carbocycles. The number of benzene rings is 1. The number of anilines is 1. The molecular formula is C25H35N3O2. The van der Waals surface area contributed by atoms with Crippen LogP contribution < -0.4 is 21.6 Å². The Morgan fingerprint density at radius 3 is 2.33 bits per heavy atom. The molecule has 5 heteroatoms. The fraction of sp³-hybridized carbons (Fsp3) is 0.400. The van der Waals surface area contributed by atoms with E-state index in [0.29, 0.717) is 17.9 Å². The second-order valence-electron chi connectivity index (χ2n) is 8.00. The number of ether oxygens (including phenoxy) is 1. The molecule has 3 rings (SSSR count). The highest BCUT2D eigenvalue weighted by molar-refractivity contribution is 6.05. The summed E-state index contributed by atoms with van der Waals surface area (Å²) in [6, 6.07) is 7.68. The lowest BCUT2D eigenvalue weighted by Gasteiger charge is -2.17. The fourth-order valence-electron chi connectivity index (χ4n) is 3.78. The summed E-state index contributed by atoms with van der Waals surface area (Å²) < 4.78 is 7.36. The van der Waals surface area contributed by atoms with Gasteiger partial charge in [-0.05, 0) is 57.7 Å². The number of carbonyl (C=O) groups excluding carboxylic acids is 1. The largest absolute Gasteiger partial charge is 0.402 e. The van der Waals surface area contributed by atoms with Crippen LogP contribution in [-0.4, -0.2) is 17.6 Å². The number of amides is 1. The summed E-state index contributed by atoms with van der Waals surface area (Å²) in [6.07, 6.45) is 4.70. The number of nitrogens with two attached hydrogens (primary N) is 1. The van der Waals surface area contributed by atoms with Gasteiger partial charge < -0.3 is 20.4 Å². The van der Waals surface area contributed by atoms with Gasteiger partial charge >= 0.3 is 0 Å². The molecule has 162 valence electrons. The van der Waals surface area contributed by atoms with Crippen molar-refractivity contribution in [1.82, 2.24) is 4.57 Å². The first-order chi connectivity index (χ1) is 14.2. The van der Waals surface area contributed by atoms with Gasteiger partial charge in [0.25, 0.3) is 5.91 Å². The summed E-state index contributed by atoms with van der Waals surface area (Å²) in [5.74, 6) is -0.140. The molecule has 0 spiro atoms. The number of rotatable bonds is 6. The first-order valence-electron chi connectivity index (χ1n) is 10.4. The quantitative estimate of drug-likeness (QED) is 0.716. The van der Waals surface area contributed by atoms with Crippen molar-refractivity contribution in [1.29, 1.82) is 0 Å². The zero-order valence-corrected chi connectivity index (χ0v) is 19.0. The summed E-state index contributed by atoms with van der Waals surface area (Å²) in [5, 5.41) is 4.63. The predicted octanol–water partition coefficient (Wildman–Crippen LogP) is 3.65. The molecule has 0 atom stereocenters. The van der Waals surface area contributed by atoms with Crippen molar-refractivity contribution in [2.24, 2.45) is 5.73 Å². The first kappa shape index (κ1) is 23.5. The van der Waals surface area contributed by atoms with Crippen LogP contribution in [0, 0.1) is 0 Å². The van der Waals surface area contributed by atoms with Crippen molar-refractivity contribution in [3.8, 4) is 0 Å². The van der Waals surface area contributed by atoms with Crippen LogP contribution in [0.25, 0.3) is 12.3 Å². The molecule has 30 heavy (non-hydrogen) atoms. The minimum Gasteiger partial charge on any atom is -0.402 e. The summed E-state index contributed by atoms with van der Waals surface area (Å²) in [4.78, 5) is 13.2. The maximum atomic E-state index is 13.2. The Morgan fingerprint density at radius 2 is 1.90 bits per heavy atom. The van der Waals surface area contributed by atoms with Gasteiger partial charge in [0.2, 0.25) is 0 Å². The molecule has 0 bridgehead atoms. The van der Waals surface area contributed by atoms with Crippen LogP contribution >= 0.6 is 0 Å². The van der Waals surface area contributed by atoms with Gasteiger partial charge in [-0.3, -0.25) is 4.79 Å². The summed E-state index contributed by atoms with van der Waals surface area (Å²) in [5.41, 5.74) is 10.3. The van der Waals surface area contributed by atoms with E-state index in [-0.39, 0.29) is 11.4 Å². The monoisotopic (exact) mass is 409 g/mol. The first-order valence-corrected chi connectivity index (χ1v) is 10.4. The standard InChI is InChI=1S/C22H29N3O2.C3H6/c1-6-18-20(19(14(2)23)15(3)25(18)22(4)11-12-22)21(26)24-17-9-7-16(8-10-17)13-27-5;1-3-2/h7-10H,3,6,11-13,23H2,1-2,4-5H3,(H,24,26);3H,1H2,2H3/b19-14-;. The minimum absolute atomic E-state index is 0.0486. The van der Waals surface area contributed by atoms with Gasteiger partial charge in [0.1, 0.15) is 0 Å². The molecule has 0 unspecified atom stereocenters. The van der Waals surface area contributed by atoms with Gasteiger partial charge in [-0.1, -0.05) is 31.7 Å². The van der Waals surface area contributed by atoms with Crippen LogP contribution in [0.3, 0.4) is 0 Å². The molecule has 0 aliphatic heterocycles. The molecule has 0 radical (unpaired) electrons. The van der Waals surface area contributed by atoms with Crippen molar-refractivity contribution in [3.05, 3.63) is 64.3 Å². The van der Waals surface area contributed by atoms with Crippen LogP contribution in [-0.2, 0) is 23.3 Å². The molecule has 3 N–H and O–H groups in total. The van der Waals surface area contributed by atoms with E-state index >= 15 is 0 Å².